The number of nitrogens with one attached hydrogen (secondary N) is 2. The molecule has 0 bridgehead atoms. The Kier molecular flexibility index (Phi) is 16.5. The van der Waals surface area contributed by atoms with Crippen molar-refractivity contribution in [3.8, 4) is 5.75 Å². The number of likely N-dealkylation sites (N-methyl/N-ethyl adjacent to an activating group) is 1. The van der Waals surface area contributed by atoms with E-state index in [1.165, 1.54) is 24.5 Å². The summed E-state index contributed by atoms with van der Waals surface area (Å²) < 4.78 is 25.1. The first-order valence-corrected chi connectivity index (χ1v) is 14.7. The first-order chi connectivity index (χ1) is 23.6. The molecule has 4 rings (SSSR count). The second-order valence-corrected chi connectivity index (χ2v) is 10.5. The Hall–Kier alpha value is -5.91. The molecule has 0 spiro atoms. The quantitative estimate of drug-likeness (QED) is 0.146. The molecule has 2 heterocycles. The number of hydrogen-bond acceptors (Lipinski definition) is 11. The molecule has 0 radical (unpaired) electrons. The number of nitrogens with zero attached hydrogens (tertiary/aromatic N) is 3. The molecule has 1 aromatic heterocycles. The predicted octanol–water partition coefficient (Wildman–Crippen LogP) is 3.81. The van der Waals surface area contributed by atoms with Crippen LogP contribution < -0.4 is 15.4 Å². The lowest BCUT2D eigenvalue weighted by Crippen LogP contribution is -2.18. The number of halogens is 2. The summed E-state index contributed by atoms with van der Waals surface area (Å²) in [4.78, 5) is 61.4. The molecular weight excluding hydrogens is 685 g/mol. The summed E-state index contributed by atoms with van der Waals surface area (Å²) in [6.07, 6.45) is 7.55. The van der Waals surface area contributed by atoms with E-state index in [-0.39, 0.29) is 17.0 Å². The van der Waals surface area contributed by atoms with Gasteiger partial charge in [-0.05, 0) is 38.4 Å². The molecule has 1 saturated heterocycles. The van der Waals surface area contributed by atoms with E-state index in [1.807, 2.05) is 19.0 Å². The number of aromatic nitrogens is 2. The molecule has 1 amide bonds. The predicted molar refractivity (Wildman–Crippen MR) is 179 cm³/mol. The first-order valence-electron chi connectivity index (χ1n) is 14.3. The van der Waals surface area contributed by atoms with Crippen LogP contribution in [0.25, 0.3) is 10.9 Å². The van der Waals surface area contributed by atoms with Crippen molar-refractivity contribution in [2.24, 2.45) is 0 Å². The first kappa shape index (κ1) is 40.3. The van der Waals surface area contributed by atoms with Crippen molar-refractivity contribution in [2.45, 2.75) is 12.5 Å². The minimum absolute atomic E-state index is 0.00436. The highest BCUT2D eigenvalue weighted by atomic mass is 35.5. The minimum Gasteiger partial charge on any atom is -0.486 e. The van der Waals surface area contributed by atoms with Crippen LogP contribution in [0.4, 0.5) is 21.6 Å². The number of carbonyl (C=O) groups excluding carboxylic acids is 1. The van der Waals surface area contributed by atoms with Crippen molar-refractivity contribution in [1.29, 1.82) is 0 Å². The third-order valence-corrected chi connectivity index (χ3v) is 6.12. The molecule has 16 nitrogen and oxygen atoms in total. The Bertz CT molecular complexity index is 1710. The second kappa shape index (κ2) is 20.5. The lowest BCUT2D eigenvalue weighted by Gasteiger charge is -2.17. The molecule has 2 aromatic carbocycles. The highest BCUT2D eigenvalue weighted by Gasteiger charge is 2.21. The topological polar surface area (TPSA) is 238 Å². The van der Waals surface area contributed by atoms with Gasteiger partial charge in [-0.25, -0.2) is 33.5 Å². The molecule has 18 heteroatoms. The molecule has 0 saturated carbocycles. The number of benzene rings is 2. The monoisotopic (exact) mass is 717 g/mol. The molecule has 3 aromatic rings. The minimum atomic E-state index is -1.26. The van der Waals surface area contributed by atoms with Gasteiger partial charge in [-0.3, -0.25) is 4.79 Å². The molecule has 1 aliphatic rings. The van der Waals surface area contributed by atoms with Gasteiger partial charge in [0.2, 0.25) is 5.91 Å². The van der Waals surface area contributed by atoms with Crippen molar-refractivity contribution in [3.63, 3.8) is 0 Å². The van der Waals surface area contributed by atoms with Gasteiger partial charge < -0.3 is 45.4 Å². The number of fused-ring (bicyclic) bond motifs is 1. The molecule has 1 aliphatic heterocycles. The third-order valence-electron chi connectivity index (χ3n) is 5.84. The fourth-order valence-corrected chi connectivity index (χ4v) is 3.89. The molecule has 6 N–H and O–H groups in total. The Labute approximate surface area is 289 Å². The zero-order valence-corrected chi connectivity index (χ0v) is 27.3. The molecule has 1 unspecified atom stereocenters. The maximum Gasteiger partial charge on any atom is 0.328 e. The number of ether oxygens (including phenoxy) is 2. The zero-order valence-electron chi connectivity index (χ0n) is 26.6. The second-order valence-electron chi connectivity index (χ2n) is 10.1. The maximum absolute atomic E-state index is 13.6. The smallest absolute Gasteiger partial charge is 0.328 e. The van der Waals surface area contributed by atoms with Gasteiger partial charge in [0.15, 0.2) is 0 Å². The number of rotatable bonds is 12. The SMILES string of the molecule is CN(C)C/C=C/C(=O)Nc1cc2c(Nc3ccc(F)c(Cl)c3)ncnc2cc1OC1CCOC1.O=C(O)/C=C/C(=O)O.O=C(O)/C=C/C(=O)O. The van der Waals surface area contributed by atoms with E-state index in [4.69, 9.17) is 41.5 Å². The van der Waals surface area contributed by atoms with Gasteiger partial charge in [-0.1, -0.05) is 17.7 Å². The van der Waals surface area contributed by atoms with Crippen molar-refractivity contribution in [3.05, 3.63) is 84.0 Å². The number of amides is 1. The Morgan fingerprint density at radius 2 is 1.58 bits per heavy atom. The number of anilines is 3. The summed E-state index contributed by atoms with van der Waals surface area (Å²) in [6.45, 7) is 1.75. The van der Waals surface area contributed by atoms with Crippen LogP contribution in [-0.4, -0.2) is 105 Å². The number of carboxylic acid groups (broad SMARTS) is 4. The van der Waals surface area contributed by atoms with Gasteiger partial charge in [0.1, 0.15) is 29.8 Å². The van der Waals surface area contributed by atoms with Crippen LogP contribution in [0.3, 0.4) is 0 Å². The molecule has 266 valence electrons. The van der Waals surface area contributed by atoms with E-state index in [0.29, 0.717) is 77.9 Å². The van der Waals surface area contributed by atoms with Gasteiger partial charge >= 0.3 is 23.9 Å². The lowest BCUT2D eigenvalue weighted by molar-refractivity contribution is -0.134. The number of hydrogen-bond donors (Lipinski definition) is 6. The van der Waals surface area contributed by atoms with Gasteiger partial charge in [-0.15, -0.1) is 0 Å². The standard InChI is InChI=1S/C24H25ClFN5O3.2C4H4O4/c1-31(2)8-3-4-23(32)30-21-11-17-20(12-22(21)34-16-7-9-33-13-16)27-14-28-24(17)29-15-5-6-19(26)18(25)10-15;2*5-3(6)1-2-4(7)8/h3-6,10-12,14,16H,7-9,13H2,1-2H3,(H,30,32)(H,27,28,29);2*1-2H,(H,5,6)(H,7,8)/b4-3+;2*2-1+. The lowest BCUT2D eigenvalue weighted by atomic mass is 10.1. The Morgan fingerprint density at radius 3 is 2.10 bits per heavy atom. The summed E-state index contributed by atoms with van der Waals surface area (Å²) in [5, 5.41) is 37.9. The molecule has 1 fully saturated rings. The number of aliphatic carboxylic acids is 4. The average Bonchev–Trinajstić information content (AvgIpc) is 3.55. The highest BCUT2D eigenvalue weighted by Crippen LogP contribution is 2.35. The van der Waals surface area contributed by atoms with Crippen molar-refractivity contribution < 1.29 is 58.3 Å². The normalized spacial score (nSPS) is 13.8. The average molecular weight is 718 g/mol. The molecule has 1 atom stereocenters. The van der Waals surface area contributed by atoms with Gasteiger partial charge in [-0.2, -0.15) is 0 Å². The Balaban J connectivity index is 0.000000450. The van der Waals surface area contributed by atoms with Crippen molar-refractivity contribution in [2.75, 3.05) is 44.5 Å². The van der Waals surface area contributed by atoms with Crippen molar-refractivity contribution in [1.82, 2.24) is 14.9 Å². The number of carboxylic acids is 4. The van der Waals surface area contributed by atoms with Crippen LogP contribution in [0, 0.1) is 5.82 Å². The maximum atomic E-state index is 13.6. The summed E-state index contributed by atoms with van der Waals surface area (Å²) in [5.41, 5.74) is 1.65. The summed E-state index contributed by atoms with van der Waals surface area (Å²) in [6, 6.07) is 7.82. The molecular formula is C32H33ClFN5O11. The van der Waals surface area contributed by atoms with Gasteiger partial charge in [0.05, 0.1) is 29.4 Å². The van der Waals surface area contributed by atoms with Crippen LogP contribution in [0.5, 0.6) is 5.75 Å². The van der Waals surface area contributed by atoms with E-state index in [2.05, 4.69) is 20.6 Å². The van der Waals surface area contributed by atoms with Crippen LogP contribution in [0.1, 0.15) is 6.42 Å². The molecule has 0 aliphatic carbocycles. The van der Waals surface area contributed by atoms with Crippen LogP contribution in [-0.2, 0) is 28.7 Å². The highest BCUT2D eigenvalue weighted by molar-refractivity contribution is 6.31. The van der Waals surface area contributed by atoms with Crippen molar-refractivity contribution >= 4 is 69.5 Å². The van der Waals surface area contributed by atoms with Gasteiger partial charge in [0, 0.05) is 60.5 Å². The Morgan fingerprint density at radius 1 is 0.960 bits per heavy atom. The largest absolute Gasteiger partial charge is 0.486 e. The van der Waals surface area contributed by atoms with Crippen LogP contribution in [0.2, 0.25) is 5.02 Å². The van der Waals surface area contributed by atoms with E-state index in [9.17, 15) is 28.4 Å². The van der Waals surface area contributed by atoms with E-state index in [1.54, 1.807) is 24.3 Å². The van der Waals surface area contributed by atoms with Crippen LogP contribution in [0.15, 0.2) is 73.1 Å². The fourth-order valence-electron chi connectivity index (χ4n) is 3.70. The zero-order chi connectivity index (χ0) is 37.2. The summed E-state index contributed by atoms with van der Waals surface area (Å²) >= 11 is 5.91. The molecule has 50 heavy (non-hydrogen) atoms. The summed E-state index contributed by atoms with van der Waals surface area (Å²) in [7, 11) is 3.84. The summed E-state index contributed by atoms with van der Waals surface area (Å²) in [5.74, 6) is -4.86. The van der Waals surface area contributed by atoms with E-state index < -0.39 is 29.7 Å². The van der Waals surface area contributed by atoms with Gasteiger partial charge in [0.25, 0.3) is 0 Å². The fraction of sp³-hybridized carbons (Fsp3) is 0.219. The van der Waals surface area contributed by atoms with E-state index in [0.717, 1.165) is 6.42 Å². The van der Waals surface area contributed by atoms with Crippen LogP contribution >= 0.6 is 11.6 Å². The third kappa shape index (κ3) is 15.3. The van der Waals surface area contributed by atoms with E-state index >= 15 is 0 Å². The number of carbonyl (C=O) groups is 5.